The number of aliphatic hydroxyl groups excluding tert-OH is 3. The molecule has 0 saturated heterocycles. The largest absolute Gasteiger partial charge is 0.393 e. The number of rotatable bonds is 3. The molecule has 0 fully saturated rings. The summed E-state index contributed by atoms with van der Waals surface area (Å²) in [6.07, 6.45) is 2.24. The van der Waals surface area contributed by atoms with E-state index < -0.39 is 0 Å². The van der Waals surface area contributed by atoms with Gasteiger partial charge in [-0.1, -0.05) is 20.8 Å². The zero-order chi connectivity index (χ0) is 12.9. The minimum Gasteiger partial charge on any atom is -0.393 e. The van der Waals surface area contributed by atoms with Crippen molar-refractivity contribution in [2.75, 3.05) is 0 Å². The topological polar surface area (TPSA) is 60.7 Å². The van der Waals surface area contributed by atoms with Crippen LogP contribution < -0.4 is 0 Å². The molecule has 3 nitrogen and oxygen atoms in total. The molecule has 0 amide bonds. The minimum atomic E-state index is -0.116. The molecule has 0 rings (SSSR count). The Labute approximate surface area is 116 Å². The van der Waals surface area contributed by atoms with E-state index in [2.05, 4.69) is 0 Å². The molecule has 0 heterocycles. The standard InChI is InChI=1S/3C4H10O.Ti/c3*1-3-4(2)5;/h3*4-5H,3H2,1-2H3;. The molecular weight excluding hydrogens is 240 g/mol. The van der Waals surface area contributed by atoms with E-state index in [1.165, 1.54) is 0 Å². The van der Waals surface area contributed by atoms with Gasteiger partial charge in [-0.2, -0.15) is 0 Å². The average Bonchev–Trinajstić information content (AvgIpc) is 2.19. The molecule has 3 unspecified atom stereocenters. The van der Waals surface area contributed by atoms with E-state index >= 15 is 0 Å². The Morgan fingerprint density at radius 1 is 0.625 bits per heavy atom. The van der Waals surface area contributed by atoms with E-state index in [0.717, 1.165) is 19.3 Å². The van der Waals surface area contributed by atoms with E-state index in [-0.39, 0.29) is 40.0 Å². The average molecular weight is 270 g/mol. The second kappa shape index (κ2) is 20.9. The van der Waals surface area contributed by atoms with Crippen molar-refractivity contribution in [3.8, 4) is 0 Å². The molecule has 100 valence electrons. The maximum atomic E-state index is 8.36. The van der Waals surface area contributed by atoms with Crippen LogP contribution in [-0.2, 0) is 21.7 Å². The van der Waals surface area contributed by atoms with Crippen molar-refractivity contribution in [2.24, 2.45) is 0 Å². The van der Waals surface area contributed by atoms with Gasteiger partial charge in [-0.25, -0.2) is 0 Å². The van der Waals surface area contributed by atoms with Crippen molar-refractivity contribution >= 4 is 0 Å². The van der Waals surface area contributed by atoms with Crippen LogP contribution >= 0.6 is 0 Å². The van der Waals surface area contributed by atoms with Crippen molar-refractivity contribution in [2.45, 2.75) is 79.1 Å². The smallest absolute Gasteiger partial charge is 0.0509 e. The van der Waals surface area contributed by atoms with Gasteiger partial charge in [0.15, 0.2) is 0 Å². The molecule has 4 heteroatoms. The molecule has 0 aromatic heterocycles. The van der Waals surface area contributed by atoms with Gasteiger partial charge in [0.2, 0.25) is 0 Å². The molecule has 0 aromatic carbocycles. The van der Waals surface area contributed by atoms with Crippen LogP contribution in [0, 0.1) is 0 Å². The van der Waals surface area contributed by atoms with Crippen LogP contribution in [0.3, 0.4) is 0 Å². The van der Waals surface area contributed by atoms with Gasteiger partial charge in [-0.3, -0.25) is 0 Å². The van der Waals surface area contributed by atoms with Gasteiger partial charge in [-0.15, -0.1) is 0 Å². The molecule has 0 aliphatic rings. The fraction of sp³-hybridized carbons (Fsp3) is 1.00. The first-order valence-corrected chi connectivity index (χ1v) is 5.85. The summed E-state index contributed by atoms with van der Waals surface area (Å²) in [4.78, 5) is 0. The Bertz CT molecular complexity index is 77.2. The summed E-state index contributed by atoms with van der Waals surface area (Å²) < 4.78 is 0. The molecule has 3 N–H and O–H groups in total. The predicted molar refractivity (Wildman–Crippen MR) is 65.9 cm³/mol. The third-order valence-electron chi connectivity index (χ3n) is 1.77. The summed E-state index contributed by atoms with van der Waals surface area (Å²) in [7, 11) is 0. The van der Waals surface area contributed by atoms with Crippen molar-refractivity contribution in [3.63, 3.8) is 0 Å². The van der Waals surface area contributed by atoms with Gasteiger partial charge in [0.25, 0.3) is 0 Å². The van der Waals surface area contributed by atoms with E-state index in [0.29, 0.717) is 0 Å². The third kappa shape index (κ3) is 62.0. The number of hydrogen-bond acceptors (Lipinski definition) is 3. The Hall–Kier alpha value is 0.594. The normalized spacial score (nSPS) is 14.1. The summed E-state index contributed by atoms with van der Waals surface area (Å²) in [5, 5.41) is 25.1. The zero-order valence-electron chi connectivity index (χ0n) is 11.7. The first kappa shape index (κ1) is 25.4. The van der Waals surface area contributed by atoms with Gasteiger partial charge >= 0.3 is 0 Å². The SMILES string of the molecule is CCC(C)O.CCC(C)O.CCC(C)O.[Ti]. The van der Waals surface area contributed by atoms with Crippen LogP contribution in [0.2, 0.25) is 0 Å². The molecular formula is C12H30O3Ti. The van der Waals surface area contributed by atoms with Gasteiger partial charge < -0.3 is 15.3 Å². The molecule has 16 heavy (non-hydrogen) atoms. The fourth-order valence-electron chi connectivity index (χ4n) is 0. The summed E-state index contributed by atoms with van der Waals surface area (Å²) in [6.45, 7) is 11.2. The van der Waals surface area contributed by atoms with E-state index in [1.807, 2.05) is 20.8 Å². The van der Waals surface area contributed by atoms with E-state index in [1.54, 1.807) is 20.8 Å². The van der Waals surface area contributed by atoms with Gasteiger partial charge in [0.1, 0.15) is 0 Å². The zero-order valence-corrected chi connectivity index (χ0v) is 13.3. The van der Waals surface area contributed by atoms with Crippen LogP contribution in [0.4, 0.5) is 0 Å². The van der Waals surface area contributed by atoms with Crippen molar-refractivity contribution < 1.29 is 37.0 Å². The van der Waals surface area contributed by atoms with Crippen LogP contribution in [0.5, 0.6) is 0 Å². The molecule has 0 spiro atoms. The molecule has 0 saturated carbocycles. The van der Waals surface area contributed by atoms with Crippen LogP contribution in [0.15, 0.2) is 0 Å². The number of aliphatic hydroxyl groups is 3. The van der Waals surface area contributed by atoms with Crippen molar-refractivity contribution in [3.05, 3.63) is 0 Å². The summed E-state index contributed by atoms with van der Waals surface area (Å²) >= 11 is 0. The molecule has 3 atom stereocenters. The molecule has 0 bridgehead atoms. The Kier molecular flexibility index (Phi) is 33.3. The minimum absolute atomic E-state index is 0. The summed E-state index contributed by atoms with van der Waals surface area (Å²) in [6, 6.07) is 0. The molecule has 0 radical (unpaired) electrons. The molecule has 0 aliphatic heterocycles. The van der Waals surface area contributed by atoms with E-state index in [4.69, 9.17) is 15.3 Å². The maximum absolute atomic E-state index is 8.36. The van der Waals surface area contributed by atoms with E-state index in [9.17, 15) is 0 Å². The Balaban J connectivity index is -0.0000000655. The predicted octanol–water partition coefficient (Wildman–Crippen LogP) is 2.33. The van der Waals surface area contributed by atoms with Gasteiger partial charge in [-0.05, 0) is 40.0 Å². The Morgan fingerprint density at radius 2 is 0.688 bits per heavy atom. The maximum Gasteiger partial charge on any atom is 0.0509 e. The summed E-state index contributed by atoms with van der Waals surface area (Å²) in [5.41, 5.74) is 0. The molecule has 0 aromatic rings. The number of hydrogen-bond donors (Lipinski definition) is 3. The van der Waals surface area contributed by atoms with Crippen LogP contribution in [-0.4, -0.2) is 33.6 Å². The Morgan fingerprint density at radius 3 is 0.688 bits per heavy atom. The fourth-order valence-corrected chi connectivity index (χ4v) is 0. The van der Waals surface area contributed by atoms with Gasteiger partial charge in [0, 0.05) is 21.7 Å². The second-order valence-corrected chi connectivity index (χ2v) is 3.77. The summed E-state index contributed by atoms with van der Waals surface area (Å²) in [5.74, 6) is 0. The first-order chi connectivity index (χ1) is 6.81. The van der Waals surface area contributed by atoms with Crippen molar-refractivity contribution in [1.82, 2.24) is 0 Å². The van der Waals surface area contributed by atoms with Crippen LogP contribution in [0.1, 0.15) is 60.8 Å². The first-order valence-electron chi connectivity index (χ1n) is 5.85. The van der Waals surface area contributed by atoms with Crippen LogP contribution in [0.25, 0.3) is 0 Å². The quantitative estimate of drug-likeness (QED) is 0.690. The molecule has 0 aliphatic carbocycles. The van der Waals surface area contributed by atoms with Gasteiger partial charge in [0.05, 0.1) is 18.3 Å². The third-order valence-corrected chi connectivity index (χ3v) is 1.77. The monoisotopic (exact) mass is 270 g/mol. The second-order valence-electron chi connectivity index (χ2n) is 3.77. The van der Waals surface area contributed by atoms with Crippen molar-refractivity contribution in [1.29, 1.82) is 0 Å².